The maximum absolute atomic E-state index is 13.8. The van der Waals surface area contributed by atoms with Crippen molar-refractivity contribution in [1.82, 2.24) is 0 Å². The van der Waals surface area contributed by atoms with Gasteiger partial charge in [0.25, 0.3) is 5.91 Å². The Balaban J connectivity index is 1.37. The molecule has 2 unspecified atom stereocenters. The van der Waals surface area contributed by atoms with Gasteiger partial charge in [-0.05, 0) is 72.7 Å². The first-order valence-electron chi connectivity index (χ1n) is 13.6. The third-order valence-corrected chi connectivity index (χ3v) is 9.61. The van der Waals surface area contributed by atoms with Gasteiger partial charge < -0.3 is 20.1 Å². The molecule has 7 nitrogen and oxygen atoms in total. The molecule has 0 aliphatic heterocycles. The zero-order valence-corrected chi connectivity index (χ0v) is 25.2. The van der Waals surface area contributed by atoms with Crippen molar-refractivity contribution in [3.05, 3.63) is 99.9 Å². The van der Waals surface area contributed by atoms with Gasteiger partial charge >= 0.3 is 0 Å². The number of carbonyl (C=O) groups is 2. The minimum Gasteiger partial charge on any atom is -0.493 e. The largest absolute Gasteiger partial charge is 0.493 e. The molecule has 1 heterocycles. The van der Waals surface area contributed by atoms with Crippen molar-refractivity contribution in [2.45, 2.75) is 36.3 Å². The summed E-state index contributed by atoms with van der Waals surface area (Å²) in [5, 5.41) is 16.0. The topological polar surface area (TPSA) is 100 Å². The molecule has 9 heteroatoms. The Morgan fingerprint density at radius 2 is 1.79 bits per heavy atom. The second-order valence-corrected chi connectivity index (χ2v) is 12.4. The molecule has 0 saturated carbocycles. The molecular weight excluding hydrogens is 567 g/mol. The summed E-state index contributed by atoms with van der Waals surface area (Å²) in [5.41, 5.74) is 3.53. The van der Waals surface area contributed by atoms with Gasteiger partial charge in [-0.25, -0.2) is 0 Å². The fourth-order valence-electron chi connectivity index (χ4n) is 5.00. The SMILES string of the molecule is COc1ccc(C(=O)Nc2cccc(SC(C(=O)Nc3sc4c(c3C#N)CCC(C)C4)c3ccccc3)c2)cc1OC. The molecule has 0 spiro atoms. The standard InChI is InChI=1S/C33H31N3O4S2/c1-20-12-14-25-26(19-34)33(42-29(25)16-20)36-32(38)30(21-8-5-4-6-9-21)41-24-11-7-10-23(18-24)35-31(37)22-13-15-27(39-2)28(17-22)40-3/h4-11,13,15,17-18,20,30H,12,14,16H2,1-3H3,(H,35,37)(H,36,38). The van der Waals surface area contributed by atoms with Gasteiger partial charge in [0.05, 0.1) is 19.8 Å². The normalized spacial score (nSPS) is 14.7. The molecule has 4 aromatic rings. The molecule has 0 fully saturated rings. The maximum Gasteiger partial charge on any atom is 0.255 e. The van der Waals surface area contributed by atoms with E-state index in [2.05, 4.69) is 23.6 Å². The zero-order valence-electron chi connectivity index (χ0n) is 23.6. The lowest BCUT2D eigenvalue weighted by atomic mass is 9.88. The van der Waals surface area contributed by atoms with E-state index in [4.69, 9.17) is 9.47 Å². The molecular formula is C33H31N3O4S2. The van der Waals surface area contributed by atoms with Crippen LogP contribution in [0.15, 0.2) is 77.7 Å². The summed E-state index contributed by atoms with van der Waals surface area (Å²) >= 11 is 2.91. The molecule has 1 aliphatic carbocycles. The summed E-state index contributed by atoms with van der Waals surface area (Å²) in [4.78, 5) is 28.8. The third-order valence-electron chi connectivity index (χ3n) is 7.19. The second-order valence-electron chi connectivity index (χ2n) is 10.1. The summed E-state index contributed by atoms with van der Waals surface area (Å²) in [6, 6.07) is 24.3. The van der Waals surface area contributed by atoms with E-state index >= 15 is 0 Å². The van der Waals surface area contributed by atoms with Crippen molar-refractivity contribution in [1.29, 1.82) is 5.26 Å². The predicted octanol–water partition coefficient (Wildman–Crippen LogP) is 7.49. The Morgan fingerprint density at radius 1 is 1.00 bits per heavy atom. The van der Waals surface area contributed by atoms with Crippen LogP contribution >= 0.6 is 23.1 Å². The first-order chi connectivity index (χ1) is 20.4. The lowest BCUT2D eigenvalue weighted by molar-refractivity contribution is -0.115. The number of anilines is 2. The van der Waals surface area contributed by atoms with Crippen molar-refractivity contribution in [3.63, 3.8) is 0 Å². The van der Waals surface area contributed by atoms with Crippen molar-refractivity contribution < 1.29 is 19.1 Å². The van der Waals surface area contributed by atoms with Crippen LogP contribution in [0.1, 0.15) is 50.5 Å². The number of ether oxygens (including phenoxy) is 2. The van der Waals surface area contributed by atoms with E-state index in [0.29, 0.717) is 39.2 Å². The number of benzene rings is 3. The third kappa shape index (κ3) is 6.46. The Bertz CT molecular complexity index is 1640. The van der Waals surface area contributed by atoms with E-state index in [9.17, 15) is 14.9 Å². The van der Waals surface area contributed by atoms with Crippen molar-refractivity contribution >= 4 is 45.6 Å². The number of nitrogens with zero attached hydrogens (tertiary/aromatic N) is 1. The smallest absolute Gasteiger partial charge is 0.255 e. The number of hydrogen-bond donors (Lipinski definition) is 2. The van der Waals surface area contributed by atoms with Crippen LogP contribution in [0.4, 0.5) is 10.7 Å². The van der Waals surface area contributed by atoms with Gasteiger partial charge in [0.15, 0.2) is 11.5 Å². The summed E-state index contributed by atoms with van der Waals surface area (Å²) in [6.07, 6.45) is 2.85. The van der Waals surface area contributed by atoms with Crippen molar-refractivity contribution in [2.24, 2.45) is 5.92 Å². The van der Waals surface area contributed by atoms with Crippen LogP contribution in [-0.4, -0.2) is 26.0 Å². The molecule has 42 heavy (non-hydrogen) atoms. The van der Waals surface area contributed by atoms with Gasteiger partial charge in [0.1, 0.15) is 16.3 Å². The summed E-state index contributed by atoms with van der Waals surface area (Å²) in [6.45, 7) is 2.22. The summed E-state index contributed by atoms with van der Waals surface area (Å²) in [5.74, 6) is 1.08. The first kappa shape index (κ1) is 29.2. The van der Waals surface area contributed by atoms with Gasteiger partial charge in [-0.3, -0.25) is 9.59 Å². The molecule has 2 N–H and O–H groups in total. The van der Waals surface area contributed by atoms with Crippen LogP contribution in [-0.2, 0) is 17.6 Å². The number of thiophene rings is 1. The first-order valence-corrected chi connectivity index (χ1v) is 15.3. The second kappa shape index (κ2) is 13.1. The molecule has 3 aromatic carbocycles. The molecule has 0 radical (unpaired) electrons. The number of rotatable bonds is 9. The van der Waals surface area contributed by atoms with E-state index < -0.39 is 5.25 Å². The predicted molar refractivity (Wildman–Crippen MR) is 168 cm³/mol. The van der Waals surface area contributed by atoms with E-state index in [1.165, 1.54) is 35.1 Å². The van der Waals surface area contributed by atoms with E-state index in [-0.39, 0.29) is 11.8 Å². The number of nitrogens with one attached hydrogen (secondary N) is 2. The Labute approximate surface area is 253 Å². The Hall–Kier alpha value is -4.26. The fourth-order valence-corrected chi connectivity index (χ4v) is 7.45. The van der Waals surface area contributed by atoms with Crippen LogP contribution in [0, 0.1) is 17.2 Å². The zero-order chi connectivity index (χ0) is 29.6. The number of hydrogen-bond acceptors (Lipinski definition) is 7. The van der Waals surface area contributed by atoms with E-state index in [0.717, 1.165) is 35.3 Å². The maximum atomic E-state index is 13.8. The summed E-state index contributed by atoms with van der Waals surface area (Å²) < 4.78 is 10.6. The average Bonchev–Trinajstić information content (AvgIpc) is 3.35. The number of carbonyl (C=O) groups excluding carboxylic acids is 2. The van der Waals surface area contributed by atoms with Crippen LogP contribution in [0.3, 0.4) is 0 Å². The fraction of sp³-hybridized carbons (Fsp3) is 0.242. The number of nitriles is 1. The highest BCUT2D eigenvalue weighted by atomic mass is 32.2. The van der Waals surface area contributed by atoms with Gasteiger partial charge in [-0.15, -0.1) is 23.1 Å². The monoisotopic (exact) mass is 597 g/mol. The molecule has 2 atom stereocenters. The van der Waals surface area contributed by atoms with Crippen molar-refractivity contribution in [3.8, 4) is 17.6 Å². The van der Waals surface area contributed by atoms with Gasteiger partial charge in [-0.2, -0.15) is 5.26 Å². The number of amides is 2. The van der Waals surface area contributed by atoms with Crippen LogP contribution in [0.2, 0.25) is 0 Å². The number of methoxy groups -OCH3 is 2. The molecule has 2 amide bonds. The molecule has 1 aromatic heterocycles. The average molecular weight is 598 g/mol. The lowest BCUT2D eigenvalue weighted by Crippen LogP contribution is -2.19. The van der Waals surface area contributed by atoms with Crippen LogP contribution < -0.4 is 20.1 Å². The Kier molecular flexibility index (Phi) is 9.15. The Morgan fingerprint density at radius 3 is 2.52 bits per heavy atom. The van der Waals surface area contributed by atoms with Crippen molar-refractivity contribution in [2.75, 3.05) is 24.9 Å². The number of thioether (sulfide) groups is 1. The highest BCUT2D eigenvalue weighted by molar-refractivity contribution is 8.00. The van der Waals surface area contributed by atoms with Gasteiger partial charge in [-0.1, -0.05) is 43.3 Å². The molecule has 5 rings (SSSR count). The number of fused-ring (bicyclic) bond motifs is 1. The van der Waals surface area contributed by atoms with E-state index in [1.807, 2.05) is 48.5 Å². The molecule has 214 valence electrons. The lowest BCUT2D eigenvalue weighted by Gasteiger charge is -2.17. The van der Waals surface area contributed by atoms with Crippen LogP contribution in [0.25, 0.3) is 0 Å². The minimum atomic E-state index is -0.576. The molecule has 0 saturated heterocycles. The molecule has 0 bridgehead atoms. The molecule has 1 aliphatic rings. The quantitative estimate of drug-likeness (QED) is 0.194. The summed E-state index contributed by atoms with van der Waals surface area (Å²) in [7, 11) is 3.06. The highest BCUT2D eigenvalue weighted by Crippen LogP contribution is 2.42. The van der Waals surface area contributed by atoms with Gasteiger partial charge in [0, 0.05) is 21.0 Å². The van der Waals surface area contributed by atoms with Crippen LogP contribution in [0.5, 0.6) is 11.5 Å². The van der Waals surface area contributed by atoms with Gasteiger partial charge in [0.2, 0.25) is 5.91 Å². The highest BCUT2D eigenvalue weighted by Gasteiger charge is 2.28. The van der Waals surface area contributed by atoms with E-state index in [1.54, 1.807) is 31.4 Å². The minimum absolute atomic E-state index is 0.200.